The van der Waals surface area contributed by atoms with Crippen LogP contribution in [0.2, 0.25) is 0 Å². The normalized spacial score (nSPS) is 18.8. The molecular formula is C26H35NO4. The van der Waals surface area contributed by atoms with Gasteiger partial charge in [0.25, 0.3) is 5.91 Å². The van der Waals surface area contributed by atoms with E-state index in [1.807, 2.05) is 30.3 Å². The van der Waals surface area contributed by atoms with E-state index in [0.29, 0.717) is 12.2 Å². The summed E-state index contributed by atoms with van der Waals surface area (Å²) in [5, 5.41) is 24.4. The predicted molar refractivity (Wildman–Crippen MR) is 122 cm³/mol. The molecule has 0 heterocycles. The number of rotatable bonds is 8. The number of hydrogen-bond acceptors (Lipinski definition) is 4. The summed E-state index contributed by atoms with van der Waals surface area (Å²) in [6.45, 7) is 7.70. The van der Waals surface area contributed by atoms with Gasteiger partial charge in [-0.2, -0.15) is 0 Å². The minimum Gasteiger partial charge on any atom is -0.493 e. The van der Waals surface area contributed by atoms with Crippen molar-refractivity contribution in [1.82, 2.24) is 5.32 Å². The van der Waals surface area contributed by atoms with E-state index < -0.39 is 23.2 Å². The van der Waals surface area contributed by atoms with Gasteiger partial charge in [0.15, 0.2) is 5.60 Å². The summed E-state index contributed by atoms with van der Waals surface area (Å²) in [7, 11) is 0. The summed E-state index contributed by atoms with van der Waals surface area (Å²) in [5.41, 5.74) is -1.48. The standard InChI is InChI=1S/C26H35NO4/c1-24(2,29)22(27-23(28)26(4,30)20-10-6-5-7-11-20)19-12-14-21(15-13-19)31-18-25(3)16-8-9-17-25/h5-7,10-15,22,29-30H,8-9,16-18H2,1-4H3,(H,27,28)/t22-,26-/m1/s1. The molecule has 1 amide bonds. The first-order chi connectivity index (χ1) is 14.5. The molecular weight excluding hydrogens is 390 g/mol. The van der Waals surface area contributed by atoms with Gasteiger partial charge in [0.05, 0.1) is 18.2 Å². The van der Waals surface area contributed by atoms with E-state index in [-0.39, 0.29) is 5.41 Å². The quantitative estimate of drug-likeness (QED) is 0.583. The maximum atomic E-state index is 13.0. The summed E-state index contributed by atoms with van der Waals surface area (Å²) >= 11 is 0. The Morgan fingerprint density at radius 3 is 2.16 bits per heavy atom. The molecule has 3 N–H and O–H groups in total. The van der Waals surface area contributed by atoms with Crippen LogP contribution >= 0.6 is 0 Å². The van der Waals surface area contributed by atoms with Crippen LogP contribution < -0.4 is 10.1 Å². The maximum absolute atomic E-state index is 13.0. The molecule has 0 bridgehead atoms. The average Bonchev–Trinajstić information content (AvgIpc) is 3.17. The molecule has 2 atom stereocenters. The lowest BCUT2D eigenvalue weighted by Gasteiger charge is -2.33. The lowest BCUT2D eigenvalue weighted by atomic mass is 9.89. The van der Waals surface area contributed by atoms with Crippen LogP contribution in [0, 0.1) is 5.41 Å². The first-order valence-electron chi connectivity index (χ1n) is 11.1. The molecule has 2 aromatic carbocycles. The van der Waals surface area contributed by atoms with Crippen LogP contribution in [-0.4, -0.2) is 28.3 Å². The third-order valence-corrected chi connectivity index (χ3v) is 6.37. The second-order valence-electron chi connectivity index (χ2n) is 9.87. The molecule has 1 fully saturated rings. The Bertz CT molecular complexity index is 863. The van der Waals surface area contributed by atoms with Crippen molar-refractivity contribution in [2.24, 2.45) is 5.41 Å². The summed E-state index contributed by atoms with van der Waals surface area (Å²) in [6.07, 6.45) is 4.91. The fourth-order valence-electron chi connectivity index (χ4n) is 4.22. The summed E-state index contributed by atoms with van der Waals surface area (Å²) in [5.74, 6) is 0.203. The van der Waals surface area contributed by atoms with E-state index in [1.165, 1.54) is 32.6 Å². The lowest BCUT2D eigenvalue weighted by Crippen LogP contribution is -2.49. The summed E-state index contributed by atoms with van der Waals surface area (Å²) in [4.78, 5) is 13.0. The molecule has 0 aliphatic heterocycles. The third-order valence-electron chi connectivity index (χ3n) is 6.37. The molecule has 0 aromatic heterocycles. The highest BCUT2D eigenvalue weighted by molar-refractivity contribution is 5.86. The molecule has 2 aromatic rings. The van der Waals surface area contributed by atoms with Crippen molar-refractivity contribution in [2.75, 3.05) is 6.61 Å². The van der Waals surface area contributed by atoms with Crippen LogP contribution in [-0.2, 0) is 10.4 Å². The molecule has 168 valence electrons. The van der Waals surface area contributed by atoms with Crippen LogP contribution in [0.15, 0.2) is 54.6 Å². The fourth-order valence-corrected chi connectivity index (χ4v) is 4.22. The molecule has 31 heavy (non-hydrogen) atoms. The number of carbonyl (C=O) groups excluding carboxylic acids is 1. The number of nitrogens with one attached hydrogen (secondary N) is 1. The number of carbonyl (C=O) groups is 1. The predicted octanol–water partition coefficient (Wildman–Crippen LogP) is 4.48. The van der Waals surface area contributed by atoms with Gasteiger partial charge in [-0.05, 0) is 56.9 Å². The van der Waals surface area contributed by atoms with Gasteiger partial charge in [0, 0.05) is 5.41 Å². The Kier molecular flexibility index (Phi) is 6.77. The highest BCUT2D eigenvalue weighted by Crippen LogP contribution is 2.38. The Morgan fingerprint density at radius 1 is 1.03 bits per heavy atom. The molecule has 1 saturated carbocycles. The van der Waals surface area contributed by atoms with E-state index in [0.717, 1.165) is 11.3 Å². The molecule has 0 saturated heterocycles. The zero-order valence-electron chi connectivity index (χ0n) is 19.0. The Balaban J connectivity index is 1.73. The molecule has 5 nitrogen and oxygen atoms in total. The van der Waals surface area contributed by atoms with Crippen LogP contribution in [0.25, 0.3) is 0 Å². The van der Waals surface area contributed by atoms with Gasteiger partial charge in [0.1, 0.15) is 5.75 Å². The number of hydrogen-bond donors (Lipinski definition) is 3. The third kappa shape index (κ3) is 5.66. The molecule has 0 spiro atoms. The van der Waals surface area contributed by atoms with Gasteiger partial charge in [-0.15, -0.1) is 0 Å². The SMILES string of the molecule is CC1(COc2ccc([C@@H](NC(=O)[C@](C)(O)c3ccccc3)C(C)(C)O)cc2)CCCC1. The monoisotopic (exact) mass is 425 g/mol. The first kappa shape index (κ1) is 23.3. The van der Waals surface area contributed by atoms with Crippen LogP contribution in [0.5, 0.6) is 5.75 Å². The van der Waals surface area contributed by atoms with Crippen molar-refractivity contribution in [3.05, 3.63) is 65.7 Å². The van der Waals surface area contributed by atoms with Crippen molar-refractivity contribution < 1.29 is 19.7 Å². The number of ether oxygens (including phenoxy) is 1. The zero-order valence-corrected chi connectivity index (χ0v) is 19.0. The average molecular weight is 426 g/mol. The van der Waals surface area contributed by atoms with Crippen LogP contribution in [0.3, 0.4) is 0 Å². The first-order valence-corrected chi connectivity index (χ1v) is 11.1. The van der Waals surface area contributed by atoms with E-state index in [1.54, 1.807) is 38.1 Å². The van der Waals surface area contributed by atoms with E-state index in [2.05, 4.69) is 12.2 Å². The zero-order chi connectivity index (χ0) is 22.7. The summed E-state index contributed by atoms with van der Waals surface area (Å²) < 4.78 is 6.02. The van der Waals surface area contributed by atoms with Crippen LogP contribution in [0.1, 0.15) is 70.5 Å². The molecule has 3 rings (SSSR count). The molecule has 5 heteroatoms. The lowest BCUT2D eigenvalue weighted by molar-refractivity contribution is -0.141. The summed E-state index contributed by atoms with van der Waals surface area (Å²) in [6, 6.07) is 15.5. The van der Waals surface area contributed by atoms with Crippen molar-refractivity contribution in [1.29, 1.82) is 0 Å². The van der Waals surface area contributed by atoms with Crippen molar-refractivity contribution in [2.45, 2.75) is 70.6 Å². The van der Waals surface area contributed by atoms with Gasteiger partial charge >= 0.3 is 0 Å². The van der Waals surface area contributed by atoms with E-state index >= 15 is 0 Å². The van der Waals surface area contributed by atoms with Gasteiger partial charge in [0.2, 0.25) is 0 Å². The molecule has 0 unspecified atom stereocenters. The second-order valence-corrected chi connectivity index (χ2v) is 9.87. The van der Waals surface area contributed by atoms with Crippen molar-refractivity contribution >= 4 is 5.91 Å². The van der Waals surface area contributed by atoms with Crippen molar-refractivity contribution in [3.8, 4) is 5.75 Å². The Labute approximate surface area is 185 Å². The molecule has 0 radical (unpaired) electrons. The van der Waals surface area contributed by atoms with Gasteiger partial charge in [-0.1, -0.05) is 62.2 Å². The molecule has 1 aliphatic rings. The number of amides is 1. The highest BCUT2D eigenvalue weighted by atomic mass is 16.5. The molecule has 1 aliphatic carbocycles. The van der Waals surface area contributed by atoms with Gasteiger partial charge in [-0.25, -0.2) is 0 Å². The van der Waals surface area contributed by atoms with Gasteiger partial charge < -0.3 is 20.3 Å². The second kappa shape index (κ2) is 9.01. The maximum Gasteiger partial charge on any atom is 0.256 e. The largest absolute Gasteiger partial charge is 0.493 e. The van der Waals surface area contributed by atoms with Gasteiger partial charge in [-0.3, -0.25) is 4.79 Å². The Hall–Kier alpha value is -2.37. The van der Waals surface area contributed by atoms with E-state index in [4.69, 9.17) is 4.74 Å². The number of aliphatic hydroxyl groups is 2. The Morgan fingerprint density at radius 2 is 1.61 bits per heavy atom. The minimum absolute atomic E-state index is 0.241. The smallest absolute Gasteiger partial charge is 0.256 e. The van der Waals surface area contributed by atoms with Crippen molar-refractivity contribution in [3.63, 3.8) is 0 Å². The topological polar surface area (TPSA) is 78.8 Å². The highest BCUT2D eigenvalue weighted by Gasteiger charge is 2.38. The van der Waals surface area contributed by atoms with Crippen LogP contribution in [0.4, 0.5) is 0 Å². The fraction of sp³-hybridized carbons (Fsp3) is 0.500. The number of benzene rings is 2. The van der Waals surface area contributed by atoms with E-state index in [9.17, 15) is 15.0 Å². The minimum atomic E-state index is -1.72.